The van der Waals surface area contributed by atoms with Crippen molar-refractivity contribution in [3.63, 3.8) is 0 Å². The lowest BCUT2D eigenvalue weighted by atomic mass is 10.0. The molecule has 0 aromatic rings. The largest absolute Gasteiger partial charge is 0.415 e. The lowest BCUT2D eigenvalue weighted by Crippen LogP contribution is -2.62. The van der Waals surface area contributed by atoms with Gasteiger partial charge in [-0.2, -0.15) is 13.2 Å². The average Bonchev–Trinajstić information content (AvgIpc) is 2.12. The molecule has 96 valence electrons. The molecule has 4 nitrogen and oxygen atoms in total. The van der Waals surface area contributed by atoms with E-state index in [0.29, 0.717) is 6.92 Å². The summed E-state index contributed by atoms with van der Waals surface area (Å²) in [4.78, 5) is 11.3. The Morgan fingerprint density at radius 3 is 2.06 bits per heavy atom. The SMILES string of the molecule is COC(C)(C)CNC(=O)C(C)(N)C(F)(F)F. The third-order valence-corrected chi connectivity index (χ3v) is 2.29. The molecule has 0 aliphatic rings. The third-order valence-electron chi connectivity index (χ3n) is 2.29. The maximum Gasteiger partial charge on any atom is 0.415 e. The Morgan fingerprint density at radius 1 is 1.31 bits per heavy atom. The van der Waals surface area contributed by atoms with E-state index in [4.69, 9.17) is 10.5 Å². The van der Waals surface area contributed by atoms with Crippen LogP contribution in [0.1, 0.15) is 20.8 Å². The number of carbonyl (C=O) groups is 1. The first-order valence-electron chi connectivity index (χ1n) is 4.63. The van der Waals surface area contributed by atoms with Gasteiger partial charge in [0.1, 0.15) is 0 Å². The number of nitrogens with two attached hydrogens (primary N) is 1. The Balaban J connectivity index is 4.50. The molecule has 1 amide bonds. The smallest absolute Gasteiger partial charge is 0.377 e. The second-order valence-corrected chi connectivity index (χ2v) is 4.35. The number of hydrogen-bond donors (Lipinski definition) is 2. The molecule has 0 aliphatic heterocycles. The van der Waals surface area contributed by atoms with E-state index in [2.05, 4.69) is 5.32 Å². The van der Waals surface area contributed by atoms with E-state index in [9.17, 15) is 18.0 Å². The van der Waals surface area contributed by atoms with Crippen molar-refractivity contribution in [1.82, 2.24) is 5.32 Å². The summed E-state index contributed by atoms with van der Waals surface area (Å²) in [5.74, 6) is -1.27. The Bertz CT molecular complexity index is 262. The molecule has 0 bridgehead atoms. The Morgan fingerprint density at radius 2 is 1.75 bits per heavy atom. The van der Waals surface area contributed by atoms with E-state index in [0.717, 1.165) is 0 Å². The van der Waals surface area contributed by atoms with Gasteiger partial charge in [-0.25, -0.2) is 0 Å². The molecule has 0 saturated carbocycles. The second kappa shape index (κ2) is 4.58. The van der Waals surface area contributed by atoms with E-state index in [1.807, 2.05) is 0 Å². The summed E-state index contributed by atoms with van der Waals surface area (Å²) in [6.07, 6.45) is -4.78. The fourth-order valence-corrected chi connectivity index (χ4v) is 0.678. The van der Waals surface area contributed by atoms with E-state index in [-0.39, 0.29) is 6.54 Å². The van der Waals surface area contributed by atoms with Crippen molar-refractivity contribution in [2.24, 2.45) is 5.73 Å². The Labute approximate surface area is 92.3 Å². The zero-order chi connectivity index (χ0) is 13.2. The number of halogens is 3. The number of methoxy groups -OCH3 is 1. The summed E-state index contributed by atoms with van der Waals surface area (Å²) in [5, 5.41) is 2.11. The van der Waals surface area contributed by atoms with Gasteiger partial charge in [0.2, 0.25) is 5.91 Å². The van der Waals surface area contributed by atoms with Crippen LogP contribution in [-0.4, -0.2) is 36.9 Å². The summed E-state index contributed by atoms with van der Waals surface area (Å²) in [5.41, 5.74) is 1.30. The lowest BCUT2D eigenvalue weighted by Gasteiger charge is -2.29. The first-order chi connectivity index (χ1) is 6.94. The lowest BCUT2D eigenvalue weighted by molar-refractivity contribution is -0.187. The van der Waals surface area contributed by atoms with Crippen molar-refractivity contribution < 1.29 is 22.7 Å². The Hall–Kier alpha value is -0.820. The summed E-state index contributed by atoms with van der Waals surface area (Å²) in [7, 11) is 1.40. The molecular formula is C9H17F3N2O2. The zero-order valence-corrected chi connectivity index (χ0v) is 9.73. The molecule has 16 heavy (non-hydrogen) atoms. The molecule has 0 radical (unpaired) electrons. The molecule has 0 aromatic heterocycles. The molecular weight excluding hydrogens is 225 g/mol. The van der Waals surface area contributed by atoms with E-state index in [1.54, 1.807) is 13.8 Å². The number of amides is 1. The minimum atomic E-state index is -4.78. The highest BCUT2D eigenvalue weighted by Crippen LogP contribution is 2.27. The number of carbonyl (C=O) groups excluding carboxylic acids is 1. The molecule has 3 N–H and O–H groups in total. The van der Waals surface area contributed by atoms with Crippen LogP contribution in [0, 0.1) is 0 Å². The van der Waals surface area contributed by atoms with Gasteiger partial charge in [0.05, 0.1) is 5.60 Å². The first-order valence-corrected chi connectivity index (χ1v) is 4.63. The summed E-state index contributed by atoms with van der Waals surface area (Å²) in [6, 6.07) is 0. The van der Waals surface area contributed by atoms with Gasteiger partial charge in [-0.05, 0) is 20.8 Å². The van der Waals surface area contributed by atoms with Crippen LogP contribution in [0.2, 0.25) is 0 Å². The number of alkyl halides is 3. The van der Waals surface area contributed by atoms with E-state index >= 15 is 0 Å². The van der Waals surface area contributed by atoms with Crippen LogP contribution in [-0.2, 0) is 9.53 Å². The van der Waals surface area contributed by atoms with E-state index in [1.165, 1.54) is 7.11 Å². The Kier molecular flexibility index (Phi) is 4.35. The van der Waals surface area contributed by atoms with Crippen LogP contribution < -0.4 is 11.1 Å². The van der Waals surface area contributed by atoms with Gasteiger partial charge in [0, 0.05) is 13.7 Å². The maximum atomic E-state index is 12.4. The maximum absolute atomic E-state index is 12.4. The number of nitrogens with one attached hydrogen (secondary N) is 1. The van der Waals surface area contributed by atoms with Gasteiger partial charge in [-0.15, -0.1) is 0 Å². The molecule has 1 atom stereocenters. The van der Waals surface area contributed by atoms with Crippen LogP contribution >= 0.6 is 0 Å². The molecule has 0 spiro atoms. The highest BCUT2D eigenvalue weighted by atomic mass is 19.4. The summed E-state index contributed by atoms with van der Waals surface area (Å²) in [6.45, 7) is 3.84. The monoisotopic (exact) mass is 242 g/mol. The summed E-state index contributed by atoms with van der Waals surface area (Å²) < 4.78 is 42.1. The van der Waals surface area contributed by atoms with Gasteiger partial charge < -0.3 is 15.8 Å². The standard InChI is InChI=1S/C9H17F3N2O2/c1-7(2,16-4)5-14-6(15)8(3,13)9(10,11)12/h5,13H2,1-4H3,(H,14,15). The third kappa shape index (κ3) is 3.64. The zero-order valence-electron chi connectivity index (χ0n) is 9.73. The topological polar surface area (TPSA) is 64.3 Å². The predicted octanol–water partition coefficient (Wildman–Crippen LogP) is 0.807. The van der Waals surface area contributed by atoms with Crippen LogP contribution in [0.5, 0.6) is 0 Å². The molecule has 0 fully saturated rings. The molecule has 0 aliphatic carbocycles. The van der Waals surface area contributed by atoms with Crippen molar-refractivity contribution in [1.29, 1.82) is 0 Å². The average molecular weight is 242 g/mol. The summed E-state index contributed by atoms with van der Waals surface area (Å²) >= 11 is 0. The fraction of sp³-hybridized carbons (Fsp3) is 0.889. The van der Waals surface area contributed by atoms with Crippen LogP contribution in [0.4, 0.5) is 13.2 Å². The molecule has 7 heteroatoms. The van der Waals surface area contributed by atoms with Gasteiger partial charge >= 0.3 is 6.18 Å². The van der Waals surface area contributed by atoms with Crippen molar-refractivity contribution in [3.8, 4) is 0 Å². The van der Waals surface area contributed by atoms with Gasteiger partial charge in [-0.1, -0.05) is 0 Å². The van der Waals surface area contributed by atoms with Crippen molar-refractivity contribution >= 4 is 5.91 Å². The van der Waals surface area contributed by atoms with Crippen LogP contribution in [0.25, 0.3) is 0 Å². The molecule has 0 saturated heterocycles. The number of ether oxygens (including phenoxy) is 1. The van der Waals surface area contributed by atoms with Gasteiger partial charge in [-0.3, -0.25) is 4.79 Å². The minimum Gasteiger partial charge on any atom is -0.377 e. The molecule has 0 aromatic carbocycles. The number of rotatable bonds is 4. The molecule has 0 rings (SSSR count). The van der Waals surface area contributed by atoms with E-state index < -0.39 is 23.2 Å². The second-order valence-electron chi connectivity index (χ2n) is 4.35. The first kappa shape index (κ1) is 15.2. The van der Waals surface area contributed by atoms with Crippen molar-refractivity contribution in [2.75, 3.05) is 13.7 Å². The van der Waals surface area contributed by atoms with Crippen molar-refractivity contribution in [3.05, 3.63) is 0 Å². The fourth-order valence-electron chi connectivity index (χ4n) is 0.678. The normalized spacial score (nSPS) is 16.8. The minimum absolute atomic E-state index is 0.0504. The van der Waals surface area contributed by atoms with Gasteiger partial charge in [0.25, 0.3) is 0 Å². The highest BCUT2D eigenvalue weighted by molar-refractivity contribution is 5.86. The number of hydrogen-bond acceptors (Lipinski definition) is 3. The molecule has 0 heterocycles. The quantitative estimate of drug-likeness (QED) is 0.766. The van der Waals surface area contributed by atoms with Crippen molar-refractivity contribution in [2.45, 2.75) is 38.1 Å². The molecule has 1 unspecified atom stereocenters. The predicted molar refractivity (Wildman–Crippen MR) is 52.7 cm³/mol. The highest BCUT2D eigenvalue weighted by Gasteiger charge is 2.53. The van der Waals surface area contributed by atoms with Gasteiger partial charge in [0.15, 0.2) is 5.54 Å². The van der Waals surface area contributed by atoms with Crippen LogP contribution in [0.3, 0.4) is 0 Å². The van der Waals surface area contributed by atoms with Crippen LogP contribution in [0.15, 0.2) is 0 Å².